The minimum atomic E-state index is 0.286. The zero-order valence-electron chi connectivity index (χ0n) is 14.4. The number of rotatable bonds is 8. The van der Waals surface area contributed by atoms with Gasteiger partial charge in [-0.15, -0.1) is 0 Å². The Morgan fingerprint density at radius 2 is 1.79 bits per heavy atom. The summed E-state index contributed by atoms with van der Waals surface area (Å²) in [6.45, 7) is 3.84. The molecule has 1 heterocycles. The standard InChI is InChI=1S/C21H28N2O/c22-14-6-15-23(16-13-18-7-2-1-3-8-18)17-20-12-11-19-9-4-5-10-21(19)24-20/h1-5,7-10,20H,6,11-17,22H2. The number of fused-ring (bicyclic) bond motifs is 1. The highest BCUT2D eigenvalue weighted by Gasteiger charge is 2.21. The van der Waals surface area contributed by atoms with Crippen LogP contribution < -0.4 is 10.5 Å². The Kier molecular flexibility index (Phi) is 6.27. The molecular formula is C21H28N2O. The predicted molar refractivity (Wildman–Crippen MR) is 99.4 cm³/mol. The van der Waals surface area contributed by atoms with Gasteiger partial charge in [-0.3, -0.25) is 4.90 Å². The number of ether oxygens (including phenoxy) is 1. The molecule has 0 aliphatic carbocycles. The molecule has 2 aromatic carbocycles. The highest BCUT2D eigenvalue weighted by molar-refractivity contribution is 5.35. The Bertz CT molecular complexity index is 614. The highest BCUT2D eigenvalue weighted by Crippen LogP contribution is 2.27. The molecule has 1 aliphatic heterocycles. The molecule has 0 saturated heterocycles. The van der Waals surface area contributed by atoms with E-state index in [0.717, 1.165) is 57.6 Å². The molecule has 3 heteroatoms. The molecule has 2 N–H and O–H groups in total. The van der Waals surface area contributed by atoms with Crippen LogP contribution >= 0.6 is 0 Å². The van der Waals surface area contributed by atoms with E-state index in [1.807, 2.05) is 0 Å². The Balaban J connectivity index is 1.56. The molecule has 1 atom stereocenters. The maximum absolute atomic E-state index is 6.22. The molecule has 128 valence electrons. The summed E-state index contributed by atoms with van der Waals surface area (Å²) >= 11 is 0. The summed E-state index contributed by atoms with van der Waals surface area (Å²) in [5.41, 5.74) is 8.46. The lowest BCUT2D eigenvalue weighted by Crippen LogP contribution is -2.39. The lowest BCUT2D eigenvalue weighted by molar-refractivity contribution is 0.114. The molecule has 3 nitrogen and oxygen atoms in total. The quantitative estimate of drug-likeness (QED) is 0.810. The van der Waals surface area contributed by atoms with Crippen LogP contribution in [0.1, 0.15) is 24.0 Å². The van der Waals surface area contributed by atoms with Crippen molar-refractivity contribution >= 4 is 0 Å². The SMILES string of the molecule is NCCCN(CCc1ccccc1)CC1CCc2ccccc2O1. The van der Waals surface area contributed by atoms with Crippen LogP contribution in [0.5, 0.6) is 5.75 Å². The molecule has 0 amide bonds. The largest absolute Gasteiger partial charge is 0.489 e. The minimum absolute atomic E-state index is 0.286. The molecule has 0 fully saturated rings. The molecule has 1 aliphatic rings. The second-order valence-corrected chi connectivity index (χ2v) is 6.56. The molecular weight excluding hydrogens is 296 g/mol. The summed E-state index contributed by atoms with van der Waals surface area (Å²) < 4.78 is 6.22. The number of nitrogens with zero attached hydrogens (tertiary/aromatic N) is 1. The van der Waals surface area contributed by atoms with E-state index < -0.39 is 0 Å². The number of aryl methyl sites for hydroxylation is 1. The first-order chi connectivity index (χ1) is 11.8. The molecule has 0 radical (unpaired) electrons. The first kappa shape index (κ1) is 17.0. The van der Waals surface area contributed by atoms with Crippen molar-refractivity contribution < 1.29 is 4.74 Å². The Labute approximate surface area is 145 Å². The maximum Gasteiger partial charge on any atom is 0.122 e. The summed E-state index contributed by atoms with van der Waals surface area (Å²) in [7, 11) is 0. The summed E-state index contributed by atoms with van der Waals surface area (Å²) in [4.78, 5) is 2.51. The van der Waals surface area contributed by atoms with E-state index in [-0.39, 0.29) is 6.10 Å². The first-order valence-corrected chi connectivity index (χ1v) is 9.06. The van der Waals surface area contributed by atoms with Gasteiger partial charge in [-0.2, -0.15) is 0 Å². The van der Waals surface area contributed by atoms with Crippen LogP contribution in [0, 0.1) is 0 Å². The fourth-order valence-corrected chi connectivity index (χ4v) is 3.34. The average molecular weight is 324 g/mol. The van der Waals surface area contributed by atoms with Crippen molar-refractivity contribution in [2.75, 3.05) is 26.2 Å². The van der Waals surface area contributed by atoms with Gasteiger partial charge in [0.05, 0.1) is 0 Å². The van der Waals surface area contributed by atoms with Crippen molar-refractivity contribution in [3.63, 3.8) is 0 Å². The van der Waals surface area contributed by atoms with Gasteiger partial charge in [0.1, 0.15) is 11.9 Å². The fourth-order valence-electron chi connectivity index (χ4n) is 3.34. The molecule has 0 aromatic heterocycles. The molecule has 2 aromatic rings. The Morgan fingerprint density at radius 3 is 2.62 bits per heavy atom. The van der Waals surface area contributed by atoms with Crippen molar-refractivity contribution in [2.45, 2.75) is 31.8 Å². The van der Waals surface area contributed by atoms with Crippen molar-refractivity contribution in [1.82, 2.24) is 4.90 Å². The van der Waals surface area contributed by atoms with E-state index in [1.54, 1.807) is 0 Å². The van der Waals surface area contributed by atoms with Gasteiger partial charge in [-0.25, -0.2) is 0 Å². The van der Waals surface area contributed by atoms with Gasteiger partial charge in [0.15, 0.2) is 0 Å². The third kappa shape index (κ3) is 4.83. The molecule has 1 unspecified atom stereocenters. The van der Waals surface area contributed by atoms with Crippen LogP contribution in [0.4, 0.5) is 0 Å². The first-order valence-electron chi connectivity index (χ1n) is 9.06. The van der Waals surface area contributed by atoms with Crippen molar-refractivity contribution in [1.29, 1.82) is 0 Å². The second-order valence-electron chi connectivity index (χ2n) is 6.56. The lowest BCUT2D eigenvalue weighted by atomic mass is 10.0. The Morgan fingerprint density at radius 1 is 1.00 bits per heavy atom. The van der Waals surface area contributed by atoms with Gasteiger partial charge in [0, 0.05) is 13.1 Å². The van der Waals surface area contributed by atoms with Crippen LogP contribution in [-0.2, 0) is 12.8 Å². The highest BCUT2D eigenvalue weighted by atomic mass is 16.5. The summed E-state index contributed by atoms with van der Waals surface area (Å²) in [6.07, 6.45) is 4.62. The minimum Gasteiger partial charge on any atom is -0.489 e. The van der Waals surface area contributed by atoms with Crippen LogP contribution in [0.2, 0.25) is 0 Å². The molecule has 0 saturated carbocycles. The zero-order valence-corrected chi connectivity index (χ0v) is 14.4. The zero-order chi connectivity index (χ0) is 16.6. The van der Waals surface area contributed by atoms with Gasteiger partial charge >= 0.3 is 0 Å². The van der Waals surface area contributed by atoms with Gasteiger partial charge in [-0.05, 0) is 56.0 Å². The smallest absolute Gasteiger partial charge is 0.122 e. The summed E-state index contributed by atoms with van der Waals surface area (Å²) in [6, 6.07) is 19.1. The van der Waals surface area contributed by atoms with Gasteiger partial charge < -0.3 is 10.5 Å². The fraction of sp³-hybridized carbons (Fsp3) is 0.429. The topological polar surface area (TPSA) is 38.5 Å². The number of hydrogen-bond acceptors (Lipinski definition) is 3. The number of benzene rings is 2. The maximum atomic E-state index is 6.22. The summed E-state index contributed by atoms with van der Waals surface area (Å²) in [5, 5.41) is 0. The van der Waals surface area contributed by atoms with Crippen LogP contribution in [-0.4, -0.2) is 37.2 Å². The lowest BCUT2D eigenvalue weighted by Gasteiger charge is -2.31. The third-order valence-electron chi connectivity index (χ3n) is 4.70. The number of para-hydroxylation sites is 1. The van der Waals surface area contributed by atoms with Gasteiger partial charge in [0.25, 0.3) is 0 Å². The second kappa shape index (κ2) is 8.86. The van der Waals surface area contributed by atoms with Crippen LogP contribution in [0.25, 0.3) is 0 Å². The van der Waals surface area contributed by atoms with E-state index >= 15 is 0 Å². The van der Waals surface area contributed by atoms with Crippen molar-refractivity contribution in [3.8, 4) is 5.75 Å². The predicted octanol–water partition coefficient (Wildman–Crippen LogP) is 3.27. The van der Waals surface area contributed by atoms with E-state index in [0.29, 0.717) is 0 Å². The van der Waals surface area contributed by atoms with Gasteiger partial charge in [0.2, 0.25) is 0 Å². The van der Waals surface area contributed by atoms with E-state index in [9.17, 15) is 0 Å². The van der Waals surface area contributed by atoms with E-state index in [4.69, 9.17) is 10.5 Å². The Hall–Kier alpha value is -1.84. The van der Waals surface area contributed by atoms with Crippen LogP contribution in [0.3, 0.4) is 0 Å². The van der Waals surface area contributed by atoms with E-state index in [2.05, 4.69) is 59.5 Å². The monoisotopic (exact) mass is 324 g/mol. The number of hydrogen-bond donors (Lipinski definition) is 1. The third-order valence-corrected chi connectivity index (χ3v) is 4.70. The van der Waals surface area contributed by atoms with Crippen molar-refractivity contribution in [3.05, 3.63) is 65.7 Å². The number of nitrogens with two attached hydrogens (primary N) is 1. The molecule has 0 spiro atoms. The molecule has 3 rings (SSSR count). The van der Waals surface area contributed by atoms with Crippen LogP contribution in [0.15, 0.2) is 54.6 Å². The summed E-state index contributed by atoms with van der Waals surface area (Å²) in [5.74, 6) is 1.07. The molecule has 0 bridgehead atoms. The normalized spacial score (nSPS) is 16.7. The van der Waals surface area contributed by atoms with Gasteiger partial charge in [-0.1, -0.05) is 48.5 Å². The van der Waals surface area contributed by atoms with Crippen molar-refractivity contribution in [2.24, 2.45) is 5.73 Å². The van der Waals surface area contributed by atoms with E-state index in [1.165, 1.54) is 11.1 Å². The molecule has 24 heavy (non-hydrogen) atoms. The average Bonchev–Trinajstić information content (AvgIpc) is 2.64.